The molecule has 2 aromatic carbocycles. The van der Waals surface area contributed by atoms with Gasteiger partial charge in [0.05, 0.1) is 24.9 Å². The number of halogens is 1. The molecule has 3 aromatic rings. The molecule has 0 bridgehead atoms. The maximum Gasteiger partial charge on any atom is 0.338 e. The van der Waals surface area contributed by atoms with Gasteiger partial charge >= 0.3 is 5.97 Å². The Morgan fingerprint density at radius 1 is 1.23 bits per heavy atom. The van der Waals surface area contributed by atoms with E-state index in [2.05, 4.69) is 15.4 Å². The first-order valence-electron chi connectivity index (χ1n) is 9.53. The molecule has 30 heavy (non-hydrogen) atoms. The van der Waals surface area contributed by atoms with Crippen LogP contribution in [0.2, 0.25) is 0 Å². The number of nitrogens with zero attached hydrogens (tertiary/aromatic N) is 3. The molecule has 1 aromatic heterocycles. The molecular formula is C22H21FN4O3. The number of rotatable bonds is 5. The minimum atomic E-state index is -0.688. The van der Waals surface area contributed by atoms with Crippen LogP contribution in [-0.4, -0.2) is 34.5 Å². The van der Waals surface area contributed by atoms with E-state index in [1.54, 1.807) is 37.8 Å². The van der Waals surface area contributed by atoms with Gasteiger partial charge in [-0.05, 0) is 43.7 Å². The van der Waals surface area contributed by atoms with Gasteiger partial charge in [-0.15, -0.1) is 5.10 Å². The first kappa shape index (κ1) is 19.6. The molecule has 1 aliphatic rings. The minimum absolute atomic E-state index is 0.224. The van der Waals surface area contributed by atoms with Gasteiger partial charge in [0.15, 0.2) is 5.82 Å². The minimum Gasteiger partial charge on any atom is -0.496 e. The van der Waals surface area contributed by atoms with E-state index in [4.69, 9.17) is 9.47 Å². The molecule has 7 nitrogen and oxygen atoms in total. The molecule has 8 heteroatoms. The van der Waals surface area contributed by atoms with E-state index < -0.39 is 17.8 Å². The Balaban J connectivity index is 1.89. The summed E-state index contributed by atoms with van der Waals surface area (Å²) in [6, 6.07) is 12.8. The van der Waals surface area contributed by atoms with Gasteiger partial charge in [0.25, 0.3) is 0 Å². The smallest absolute Gasteiger partial charge is 0.338 e. The lowest BCUT2D eigenvalue weighted by atomic mass is 9.96. The van der Waals surface area contributed by atoms with Crippen LogP contribution < -0.4 is 10.1 Å². The first-order valence-corrected chi connectivity index (χ1v) is 9.53. The number of nitrogens with one attached hydrogen (secondary N) is 1. The summed E-state index contributed by atoms with van der Waals surface area (Å²) in [6.45, 7) is 3.73. The van der Waals surface area contributed by atoms with Crippen LogP contribution in [0.5, 0.6) is 5.75 Å². The zero-order chi connectivity index (χ0) is 21.3. The Kier molecular flexibility index (Phi) is 5.22. The third-order valence-corrected chi connectivity index (χ3v) is 4.86. The van der Waals surface area contributed by atoms with Gasteiger partial charge in [-0.25, -0.2) is 13.9 Å². The maximum atomic E-state index is 14.0. The van der Waals surface area contributed by atoms with Crippen molar-refractivity contribution in [1.29, 1.82) is 0 Å². The van der Waals surface area contributed by atoms with Gasteiger partial charge < -0.3 is 14.8 Å². The second-order valence-electron chi connectivity index (χ2n) is 6.75. The summed E-state index contributed by atoms with van der Waals surface area (Å²) in [5.41, 5.74) is 2.20. The number of benzene rings is 2. The molecule has 0 radical (unpaired) electrons. The molecule has 0 aliphatic carbocycles. The fourth-order valence-corrected chi connectivity index (χ4v) is 3.55. The normalized spacial score (nSPS) is 15.4. The third-order valence-electron chi connectivity index (χ3n) is 4.86. The summed E-state index contributed by atoms with van der Waals surface area (Å²) < 4.78 is 26.3. The second-order valence-corrected chi connectivity index (χ2v) is 6.75. The average Bonchev–Trinajstić information content (AvgIpc) is 3.16. The largest absolute Gasteiger partial charge is 0.496 e. The van der Waals surface area contributed by atoms with Crippen LogP contribution >= 0.6 is 0 Å². The lowest BCUT2D eigenvalue weighted by molar-refractivity contribution is -0.139. The van der Waals surface area contributed by atoms with E-state index in [-0.39, 0.29) is 6.61 Å². The van der Waals surface area contributed by atoms with Crippen molar-refractivity contribution in [2.45, 2.75) is 19.9 Å². The van der Waals surface area contributed by atoms with Crippen LogP contribution in [0.3, 0.4) is 0 Å². The Hall–Kier alpha value is -3.68. The van der Waals surface area contributed by atoms with Crippen LogP contribution in [0.25, 0.3) is 11.4 Å². The molecule has 0 fully saturated rings. The number of hydrogen-bond acceptors (Lipinski definition) is 6. The zero-order valence-corrected chi connectivity index (χ0v) is 16.8. The molecule has 1 aliphatic heterocycles. The molecule has 0 saturated carbocycles. The predicted octanol–water partition coefficient (Wildman–Crippen LogP) is 3.94. The number of aromatic nitrogens is 3. The second kappa shape index (κ2) is 7.98. The van der Waals surface area contributed by atoms with Gasteiger partial charge in [0.2, 0.25) is 5.95 Å². The van der Waals surface area contributed by atoms with E-state index in [1.807, 2.05) is 24.3 Å². The quantitative estimate of drug-likeness (QED) is 0.644. The lowest BCUT2D eigenvalue weighted by Gasteiger charge is -2.28. The highest BCUT2D eigenvalue weighted by Gasteiger charge is 2.35. The van der Waals surface area contributed by atoms with Gasteiger partial charge in [0, 0.05) is 5.70 Å². The fourth-order valence-electron chi connectivity index (χ4n) is 3.55. The van der Waals surface area contributed by atoms with Crippen molar-refractivity contribution in [2.75, 3.05) is 19.0 Å². The predicted molar refractivity (Wildman–Crippen MR) is 110 cm³/mol. The number of allylic oxidation sites excluding steroid dienone is 1. The number of hydrogen-bond donors (Lipinski definition) is 1. The molecule has 1 unspecified atom stereocenters. The molecule has 0 saturated heterocycles. The highest BCUT2D eigenvalue weighted by atomic mass is 19.1. The highest BCUT2D eigenvalue weighted by Crippen LogP contribution is 2.38. The summed E-state index contributed by atoms with van der Waals surface area (Å²) in [4.78, 5) is 17.4. The standard InChI is InChI=1S/C22H21FN4O3/c1-4-30-21(28)18-13(2)24-22-25-20(16-10-5-6-11-17(16)29-3)26-27(22)19(18)14-8-7-9-15(23)12-14/h5-12,19H,4H2,1-3H3,(H,24,25,26). The van der Waals surface area contributed by atoms with Crippen molar-refractivity contribution in [3.05, 3.63) is 71.2 Å². The van der Waals surface area contributed by atoms with Crippen molar-refractivity contribution >= 4 is 11.9 Å². The molecule has 4 rings (SSSR count). The van der Waals surface area contributed by atoms with Crippen molar-refractivity contribution in [1.82, 2.24) is 14.8 Å². The maximum absolute atomic E-state index is 14.0. The van der Waals surface area contributed by atoms with Gasteiger partial charge in [-0.1, -0.05) is 24.3 Å². The number of fused-ring (bicyclic) bond motifs is 1. The highest BCUT2D eigenvalue weighted by molar-refractivity contribution is 5.92. The van der Waals surface area contributed by atoms with Gasteiger partial charge in [-0.2, -0.15) is 4.98 Å². The number of carbonyl (C=O) groups is 1. The lowest BCUT2D eigenvalue weighted by Crippen LogP contribution is -2.29. The Morgan fingerprint density at radius 2 is 2.03 bits per heavy atom. The molecule has 1 atom stereocenters. The topological polar surface area (TPSA) is 78.3 Å². The number of methoxy groups -OCH3 is 1. The van der Waals surface area contributed by atoms with Crippen LogP contribution in [0.4, 0.5) is 10.3 Å². The zero-order valence-electron chi connectivity index (χ0n) is 16.8. The van der Waals surface area contributed by atoms with Crippen molar-refractivity contribution in [3.8, 4) is 17.1 Å². The van der Waals surface area contributed by atoms with E-state index in [1.165, 1.54) is 12.1 Å². The summed E-state index contributed by atoms with van der Waals surface area (Å²) in [7, 11) is 1.58. The summed E-state index contributed by atoms with van der Waals surface area (Å²) in [5, 5.41) is 7.77. The van der Waals surface area contributed by atoms with Gasteiger partial charge in [0.1, 0.15) is 17.6 Å². The average molecular weight is 408 g/mol. The number of anilines is 1. The molecule has 0 amide bonds. The molecule has 154 valence electrons. The molecule has 0 spiro atoms. The summed E-state index contributed by atoms with van der Waals surface area (Å²) in [5.74, 6) is 0.596. The van der Waals surface area contributed by atoms with Crippen molar-refractivity contribution in [3.63, 3.8) is 0 Å². The molecule has 1 N–H and O–H groups in total. The Labute approximate surface area is 173 Å². The van der Waals surface area contributed by atoms with E-state index in [0.29, 0.717) is 39.9 Å². The van der Waals surface area contributed by atoms with Crippen LogP contribution in [-0.2, 0) is 9.53 Å². The number of carbonyl (C=O) groups excluding carboxylic acids is 1. The van der Waals surface area contributed by atoms with Crippen LogP contribution in [0.15, 0.2) is 59.8 Å². The van der Waals surface area contributed by atoms with E-state index in [9.17, 15) is 9.18 Å². The SMILES string of the molecule is CCOC(=O)C1=C(C)Nc2nc(-c3ccccc3OC)nn2C1c1cccc(F)c1. The molecule has 2 heterocycles. The fraction of sp³-hybridized carbons (Fsp3) is 0.227. The van der Waals surface area contributed by atoms with Crippen LogP contribution in [0, 0.1) is 5.82 Å². The monoisotopic (exact) mass is 408 g/mol. The molecular weight excluding hydrogens is 387 g/mol. The first-order chi connectivity index (χ1) is 14.5. The van der Waals surface area contributed by atoms with Crippen molar-refractivity contribution < 1.29 is 18.7 Å². The van der Waals surface area contributed by atoms with E-state index in [0.717, 1.165) is 0 Å². The Bertz CT molecular complexity index is 1140. The van der Waals surface area contributed by atoms with Crippen molar-refractivity contribution in [2.24, 2.45) is 0 Å². The summed E-state index contributed by atoms with van der Waals surface area (Å²) >= 11 is 0. The number of esters is 1. The number of para-hydroxylation sites is 1. The number of ether oxygens (including phenoxy) is 2. The van der Waals surface area contributed by atoms with E-state index >= 15 is 0 Å². The summed E-state index contributed by atoms with van der Waals surface area (Å²) in [6.07, 6.45) is 0. The Morgan fingerprint density at radius 3 is 2.77 bits per heavy atom. The van der Waals surface area contributed by atoms with Gasteiger partial charge in [-0.3, -0.25) is 0 Å². The third kappa shape index (κ3) is 3.41. The van der Waals surface area contributed by atoms with Crippen LogP contribution in [0.1, 0.15) is 25.5 Å².